The average Bonchev–Trinajstić information content (AvgIpc) is 2.48. The van der Waals surface area contributed by atoms with Gasteiger partial charge in [-0.1, -0.05) is 13.8 Å². The summed E-state index contributed by atoms with van der Waals surface area (Å²) in [6, 6.07) is 1.62. The highest BCUT2D eigenvalue weighted by Crippen LogP contribution is 2.25. The van der Waals surface area contributed by atoms with Crippen LogP contribution in [-0.4, -0.2) is 55.4 Å². The number of urea groups is 1. The zero-order valence-corrected chi connectivity index (χ0v) is 13.0. The predicted octanol–water partition coefficient (Wildman–Crippen LogP) is 1.45. The van der Waals surface area contributed by atoms with Gasteiger partial charge in [0.25, 0.3) is 0 Å². The second-order valence-corrected chi connectivity index (χ2v) is 4.84. The van der Waals surface area contributed by atoms with Crippen molar-refractivity contribution in [3.05, 3.63) is 0 Å². The van der Waals surface area contributed by atoms with Crippen LogP contribution in [0.15, 0.2) is 0 Å². The Morgan fingerprint density at radius 2 is 1.95 bits per heavy atom. The monoisotopic (exact) mass is 299 g/mol. The molecule has 7 heteroatoms. The molecule has 0 aromatic rings. The summed E-state index contributed by atoms with van der Waals surface area (Å²) >= 11 is 0. The van der Waals surface area contributed by atoms with E-state index in [1.807, 2.05) is 6.07 Å². The fourth-order valence-electron chi connectivity index (χ4n) is 1.94. The van der Waals surface area contributed by atoms with Crippen molar-refractivity contribution < 1.29 is 19.4 Å². The van der Waals surface area contributed by atoms with Gasteiger partial charge in [-0.2, -0.15) is 5.26 Å². The lowest BCUT2D eigenvalue weighted by molar-refractivity contribution is -0.149. The molecule has 0 atom stereocenters. The third kappa shape index (κ3) is 6.00. The van der Waals surface area contributed by atoms with Crippen LogP contribution >= 0.6 is 0 Å². The van der Waals surface area contributed by atoms with Crippen molar-refractivity contribution in [3.8, 4) is 6.07 Å². The Morgan fingerprint density at radius 1 is 1.33 bits per heavy atom. The van der Waals surface area contributed by atoms with Gasteiger partial charge < -0.3 is 20.1 Å². The third-order valence-electron chi connectivity index (χ3n) is 3.73. The highest BCUT2D eigenvalue weighted by atomic mass is 16.5. The Bertz CT molecular complexity index is 375. The number of methoxy groups -OCH3 is 1. The molecule has 0 aromatic heterocycles. The number of carboxylic acid groups (broad SMARTS) is 1. The fraction of sp³-hybridized carbons (Fsp3) is 0.786. The molecular formula is C14H25N3O4. The van der Waals surface area contributed by atoms with E-state index in [2.05, 4.69) is 5.32 Å². The first-order valence-corrected chi connectivity index (χ1v) is 7.09. The Balaban J connectivity index is 4.66. The second-order valence-electron chi connectivity index (χ2n) is 4.84. The smallest absolute Gasteiger partial charge is 0.317 e. The lowest BCUT2D eigenvalue weighted by Crippen LogP contribution is -2.48. The van der Waals surface area contributed by atoms with Crippen molar-refractivity contribution in [1.29, 1.82) is 5.26 Å². The predicted molar refractivity (Wildman–Crippen MR) is 77.7 cm³/mol. The minimum Gasteiger partial charge on any atom is -0.481 e. The topological polar surface area (TPSA) is 103 Å². The van der Waals surface area contributed by atoms with Crippen LogP contribution in [0.5, 0.6) is 0 Å². The van der Waals surface area contributed by atoms with Crippen molar-refractivity contribution in [2.24, 2.45) is 5.41 Å². The summed E-state index contributed by atoms with van der Waals surface area (Å²) in [6.45, 7) is 4.69. The zero-order valence-electron chi connectivity index (χ0n) is 13.0. The molecule has 7 nitrogen and oxygen atoms in total. The third-order valence-corrected chi connectivity index (χ3v) is 3.73. The van der Waals surface area contributed by atoms with Crippen molar-refractivity contribution >= 4 is 12.0 Å². The van der Waals surface area contributed by atoms with E-state index in [0.29, 0.717) is 32.5 Å². The van der Waals surface area contributed by atoms with E-state index in [1.54, 1.807) is 13.8 Å². The molecule has 0 fully saturated rings. The van der Waals surface area contributed by atoms with Crippen LogP contribution in [0.25, 0.3) is 0 Å². The van der Waals surface area contributed by atoms with Gasteiger partial charge in [-0.25, -0.2) is 4.79 Å². The summed E-state index contributed by atoms with van der Waals surface area (Å²) < 4.78 is 4.93. The molecule has 0 rings (SSSR count). The molecule has 0 aromatic carbocycles. The Kier molecular flexibility index (Phi) is 9.13. The minimum absolute atomic E-state index is 0.0736. The molecule has 0 aliphatic rings. The Hall–Kier alpha value is -1.81. The standard InChI is InChI=1S/C14H25N3O4/c1-4-14(5-2,12(18)19)11-16-13(20)17(8-6-7-15)9-10-21-3/h4-6,8-11H2,1-3H3,(H,16,20)(H,18,19). The Morgan fingerprint density at radius 3 is 2.38 bits per heavy atom. The number of carboxylic acids is 1. The van der Waals surface area contributed by atoms with E-state index >= 15 is 0 Å². The number of nitrogens with one attached hydrogen (secondary N) is 1. The first-order chi connectivity index (χ1) is 9.97. The van der Waals surface area contributed by atoms with Gasteiger partial charge in [0.1, 0.15) is 0 Å². The van der Waals surface area contributed by atoms with Gasteiger partial charge >= 0.3 is 12.0 Å². The quantitative estimate of drug-likeness (QED) is 0.635. The SMILES string of the molecule is CCC(CC)(CNC(=O)N(CCC#N)CCOC)C(=O)O. The summed E-state index contributed by atoms with van der Waals surface area (Å²) in [6.07, 6.45) is 1.10. The van der Waals surface area contributed by atoms with E-state index in [1.165, 1.54) is 12.0 Å². The van der Waals surface area contributed by atoms with E-state index in [-0.39, 0.29) is 19.0 Å². The summed E-state index contributed by atoms with van der Waals surface area (Å²) in [4.78, 5) is 25.0. The van der Waals surface area contributed by atoms with Crippen molar-refractivity contribution in [2.75, 3.05) is 33.4 Å². The number of rotatable bonds is 10. The molecule has 0 radical (unpaired) electrons. The minimum atomic E-state index is -0.947. The lowest BCUT2D eigenvalue weighted by atomic mass is 9.82. The maximum atomic E-state index is 12.1. The number of carbonyl (C=O) groups excluding carboxylic acids is 1. The molecule has 0 saturated heterocycles. The lowest BCUT2D eigenvalue weighted by Gasteiger charge is -2.29. The van der Waals surface area contributed by atoms with Gasteiger partial charge in [-0.3, -0.25) is 4.79 Å². The maximum absolute atomic E-state index is 12.1. The van der Waals surface area contributed by atoms with Crippen LogP contribution < -0.4 is 5.32 Å². The van der Waals surface area contributed by atoms with Crippen LogP contribution in [0.1, 0.15) is 33.1 Å². The molecule has 2 amide bonds. The molecule has 0 heterocycles. The summed E-state index contributed by atoms with van der Waals surface area (Å²) in [7, 11) is 1.53. The van der Waals surface area contributed by atoms with Gasteiger partial charge in [-0.05, 0) is 12.8 Å². The van der Waals surface area contributed by atoms with Gasteiger partial charge in [0.15, 0.2) is 0 Å². The molecule has 120 valence electrons. The first-order valence-electron chi connectivity index (χ1n) is 7.09. The number of aliphatic carboxylic acids is 1. The van der Waals surface area contributed by atoms with Crippen LogP contribution in [0.3, 0.4) is 0 Å². The van der Waals surface area contributed by atoms with Crippen LogP contribution in [0.4, 0.5) is 4.79 Å². The molecule has 0 aliphatic heterocycles. The molecule has 0 saturated carbocycles. The molecule has 21 heavy (non-hydrogen) atoms. The molecule has 0 spiro atoms. The number of hydrogen-bond donors (Lipinski definition) is 2. The van der Waals surface area contributed by atoms with Gasteiger partial charge in [0.2, 0.25) is 0 Å². The van der Waals surface area contributed by atoms with E-state index < -0.39 is 11.4 Å². The van der Waals surface area contributed by atoms with Gasteiger partial charge in [-0.15, -0.1) is 0 Å². The Labute approximate surface area is 125 Å². The van der Waals surface area contributed by atoms with Crippen LogP contribution in [0, 0.1) is 16.7 Å². The molecule has 0 aliphatic carbocycles. The zero-order chi connectivity index (χ0) is 16.3. The van der Waals surface area contributed by atoms with Gasteiger partial charge in [0, 0.05) is 26.7 Å². The summed E-state index contributed by atoms with van der Waals surface area (Å²) in [5.41, 5.74) is -0.947. The number of ether oxygens (including phenoxy) is 1. The molecule has 2 N–H and O–H groups in total. The van der Waals surface area contributed by atoms with E-state index in [4.69, 9.17) is 10.00 Å². The highest BCUT2D eigenvalue weighted by Gasteiger charge is 2.35. The molecular weight excluding hydrogens is 274 g/mol. The largest absolute Gasteiger partial charge is 0.481 e. The van der Waals surface area contributed by atoms with E-state index in [0.717, 1.165) is 0 Å². The normalized spacial score (nSPS) is 10.8. The van der Waals surface area contributed by atoms with E-state index in [9.17, 15) is 14.7 Å². The number of hydrogen-bond acceptors (Lipinski definition) is 4. The molecule has 0 bridgehead atoms. The maximum Gasteiger partial charge on any atom is 0.317 e. The number of amides is 2. The van der Waals surface area contributed by atoms with Crippen molar-refractivity contribution in [1.82, 2.24) is 10.2 Å². The number of nitriles is 1. The average molecular weight is 299 g/mol. The number of carbonyl (C=O) groups is 2. The fourth-order valence-corrected chi connectivity index (χ4v) is 1.94. The first kappa shape index (κ1) is 19.2. The summed E-state index contributed by atoms with van der Waals surface area (Å²) in [5.74, 6) is -0.909. The van der Waals surface area contributed by atoms with Crippen LogP contribution in [0.2, 0.25) is 0 Å². The highest BCUT2D eigenvalue weighted by molar-refractivity contribution is 5.78. The molecule has 0 unspecified atom stereocenters. The van der Waals surface area contributed by atoms with Crippen molar-refractivity contribution in [3.63, 3.8) is 0 Å². The second kappa shape index (κ2) is 10.00. The number of nitrogens with zero attached hydrogens (tertiary/aromatic N) is 2. The van der Waals surface area contributed by atoms with Crippen molar-refractivity contribution in [2.45, 2.75) is 33.1 Å². The van der Waals surface area contributed by atoms with Gasteiger partial charge in [0.05, 0.1) is 24.5 Å². The van der Waals surface area contributed by atoms with Crippen LogP contribution in [-0.2, 0) is 9.53 Å². The summed E-state index contributed by atoms with van der Waals surface area (Å²) in [5, 5.41) is 20.6.